The number of hydrogen-bond acceptors (Lipinski definition) is 4. The molecule has 0 aromatic heterocycles. The van der Waals surface area contributed by atoms with Crippen LogP contribution in [-0.4, -0.2) is 29.4 Å². The number of ether oxygens (including phenoxy) is 2. The predicted octanol–water partition coefficient (Wildman–Crippen LogP) is 6.82. The van der Waals surface area contributed by atoms with Crippen molar-refractivity contribution in [3.8, 4) is 33.8 Å². The minimum absolute atomic E-state index is 0.0132. The van der Waals surface area contributed by atoms with Crippen LogP contribution in [0.4, 0.5) is 0 Å². The Morgan fingerprint density at radius 1 is 0.789 bits per heavy atom. The highest BCUT2D eigenvalue weighted by Crippen LogP contribution is 2.47. The summed E-state index contributed by atoms with van der Waals surface area (Å²) in [5.41, 5.74) is 11.1. The molecule has 0 amide bonds. The predicted molar refractivity (Wildman–Crippen MR) is 149 cm³/mol. The number of aryl methyl sites for hydroxylation is 2. The Morgan fingerprint density at radius 2 is 1.50 bits per heavy atom. The zero-order valence-electron chi connectivity index (χ0n) is 22.0. The number of benzene rings is 4. The molecule has 38 heavy (non-hydrogen) atoms. The van der Waals surface area contributed by atoms with Gasteiger partial charge in [0.1, 0.15) is 24.7 Å². The van der Waals surface area contributed by atoms with Gasteiger partial charge in [-0.05, 0) is 101 Å². The van der Waals surface area contributed by atoms with Gasteiger partial charge in [0.25, 0.3) is 0 Å². The number of aliphatic carboxylic acids is 1. The van der Waals surface area contributed by atoms with E-state index < -0.39 is 5.97 Å². The lowest BCUT2D eigenvalue weighted by Gasteiger charge is -2.18. The molecule has 194 valence electrons. The number of carboxylic acids is 1. The Bertz CT molecular complexity index is 1480. The van der Waals surface area contributed by atoms with Gasteiger partial charge in [-0.15, -0.1) is 0 Å². The maximum absolute atomic E-state index is 11.5. The van der Waals surface area contributed by atoms with Gasteiger partial charge in [-0.2, -0.15) is 0 Å². The highest BCUT2D eigenvalue weighted by atomic mass is 16.5. The van der Waals surface area contributed by atoms with Crippen LogP contribution in [0.3, 0.4) is 0 Å². The van der Waals surface area contributed by atoms with Crippen molar-refractivity contribution in [2.45, 2.75) is 39.7 Å². The van der Waals surface area contributed by atoms with Gasteiger partial charge in [0.15, 0.2) is 0 Å². The summed E-state index contributed by atoms with van der Waals surface area (Å²) < 4.78 is 11.9. The minimum Gasteiger partial charge on any atom is -0.491 e. The van der Waals surface area contributed by atoms with Gasteiger partial charge in [-0.3, -0.25) is 4.79 Å². The van der Waals surface area contributed by atoms with E-state index in [0.29, 0.717) is 6.61 Å². The molecule has 4 aromatic carbocycles. The maximum Gasteiger partial charge on any atom is 0.304 e. The van der Waals surface area contributed by atoms with Gasteiger partial charge >= 0.3 is 5.97 Å². The Hall–Kier alpha value is -4.09. The number of carbonyl (C=O) groups is 1. The summed E-state index contributed by atoms with van der Waals surface area (Å²) in [5, 5.41) is 18.5. The molecule has 0 radical (unpaired) electrons. The smallest absolute Gasteiger partial charge is 0.304 e. The topological polar surface area (TPSA) is 76.0 Å². The van der Waals surface area contributed by atoms with Gasteiger partial charge in [0.05, 0.1) is 13.0 Å². The minimum atomic E-state index is -0.800. The fraction of sp³-hybridized carbons (Fsp3) is 0.242. The Morgan fingerprint density at radius 3 is 2.24 bits per heavy atom. The van der Waals surface area contributed by atoms with Crippen LogP contribution in [0.5, 0.6) is 11.5 Å². The zero-order chi connectivity index (χ0) is 26.8. The average molecular weight is 509 g/mol. The molecule has 4 aromatic rings. The number of carboxylic acid groups (broad SMARTS) is 1. The summed E-state index contributed by atoms with van der Waals surface area (Å²) >= 11 is 0. The third-order valence-corrected chi connectivity index (χ3v) is 7.38. The molecular formula is C33H32O5. The molecule has 5 nitrogen and oxygen atoms in total. The molecule has 0 spiro atoms. The van der Waals surface area contributed by atoms with E-state index in [4.69, 9.17) is 14.6 Å². The Labute approximate surface area is 223 Å². The van der Waals surface area contributed by atoms with E-state index in [0.717, 1.165) is 61.6 Å². The molecule has 5 rings (SSSR count). The third-order valence-electron chi connectivity index (χ3n) is 7.38. The summed E-state index contributed by atoms with van der Waals surface area (Å²) in [4.78, 5) is 11.5. The number of fused-ring (bicyclic) bond motifs is 3. The normalized spacial score (nSPS) is 13.6. The van der Waals surface area contributed by atoms with Gasteiger partial charge < -0.3 is 19.7 Å². The van der Waals surface area contributed by atoms with E-state index in [1.54, 1.807) is 0 Å². The van der Waals surface area contributed by atoms with Crippen molar-refractivity contribution in [1.29, 1.82) is 0 Å². The summed E-state index contributed by atoms with van der Waals surface area (Å²) in [6.07, 6.45) is 0.0730. The van der Waals surface area contributed by atoms with Crippen LogP contribution in [0, 0.1) is 20.8 Å². The molecule has 1 aliphatic rings. The van der Waals surface area contributed by atoms with Crippen LogP contribution in [0.1, 0.15) is 45.7 Å². The standard InChI is InChI=1S/C33H32O5/c1-20-15-25(37-14-13-34)16-21(2)33(20)26-10-6-7-23(22(26)3)19-38-24-11-12-29-30(17-24)27-8-4-5-9-28(27)31(29)18-32(35)36/h4-12,15-17,31,34H,13-14,18-19H2,1-3H3,(H,35,36)/t31-/m1/s1. The third kappa shape index (κ3) is 4.90. The van der Waals surface area contributed by atoms with E-state index in [-0.39, 0.29) is 25.6 Å². The Kier molecular flexibility index (Phi) is 7.21. The molecule has 5 heteroatoms. The van der Waals surface area contributed by atoms with E-state index in [2.05, 4.69) is 45.0 Å². The fourth-order valence-corrected chi connectivity index (χ4v) is 5.64. The van der Waals surface area contributed by atoms with Crippen molar-refractivity contribution in [3.05, 3.63) is 106 Å². The van der Waals surface area contributed by atoms with Crippen molar-refractivity contribution in [2.24, 2.45) is 0 Å². The van der Waals surface area contributed by atoms with E-state index in [1.807, 2.05) is 48.5 Å². The van der Waals surface area contributed by atoms with Crippen molar-refractivity contribution < 1.29 is 24.5 Å². The molecule has 0 bridgehead atoms. The SMILES string of the molecule is Cc1cc(OCCO)cc(C)c1-c1cccc(COc2ccc3c(c2)-c2ccccc2[C@H]3CC(=O)O)c1C. The quantitative estimate of drug-likeness (QED) is 0.260. The average Bonchev–Trinajstić information content (AvgIpc) is 3.20. The van der Waals surface area contributed by atoms with Crippen LogP contribution >= 0.6 is 0 Å². The van der Waals surface area contributed by atoms with E-state index in [1.165, 1.54) is 5.56 Å². The van der Waals surface area contributed by atoms with Gasteiger partial charge in [0.2, 0.25) is 0 Å². The number of aliphatic hydroxyl groups excluding tert-OH is 1. The summed E-state index contributed by atoms with van der Waals surface area (Å²) in [5.74, 6) is 0.584. The summed E-state index contributed by atoms with van der Waals surface area (Å²) in [6.45, 7) is 6.97. The van der Waals surface area contributed by atoms with Crippen molar-refractivity contribution in [2.75, 3.05) is 13.2 Å². The van der Waals surface area contributed by atoms with Crippen LogP contribution in [0.25, 0.3) is 22.3 Å². The van der Waals surface area contributed by atoms with E-state index >= 15 is 0 Å². The van der Waals surface area contributed by atoms with Gasteiger partial charge in [-0.1, -0.05) is 48.5 Å². The Balaban J connectivity index is 1.40. The van der Waals surface area contributed by atoms with Crippen LogP contribution in [0.2, 0.25) is 0 Å². The molecule has 0 fully saturated rings. The molecular weight excluding hydrogens is 476 g/mol. The molecule has 1 aliphatic carbocycles. The second-order valence-corrected chi connectivity index (χ2v) is 9.87. The second-order valence-electron chi connectivity index (χ2n) is 9.87. The first-order chi connectivity index (χ1) is 18.4. The fourth-order valence-electron chi connectivity index (χ4n) is 5.64. The van der Waals surface area contributed by atoms with Gasteiger partial charge in [-0.25, -0.2) is 0 Å². The highest BCUT2D eigenvalue weighted by Gasteiger charge is 2.30. The number of rotatable bonds is 9. The number of aliphatic hydroxyl groups is 1. The lowest BCUT2D eigenvalue weighted by Crippen LogP contribution is -2.05. The molecule has 0 unspecified atom stereocenters. The molecule has 0 saturated heterocycles. The van der Waals surface area contributed by atoms with E-state index in [9.17, 15) is 9.90 Å². The molecule has 0 saturated carbocycles. The lowest BCUT2D eigenvalue weighted by molar-refractivity contribution is -0.137. The van der Waals surface area contributed by atoms with Crippen molar-refractivity contribution in [3.63, 3.8) is 0 Å². The van der Waals surface area contributed by atoms with Crippen LogP contribution < -0.4 is 9.47 Å². The first-order valence-corrected chi connectivity index (χ1v) is 12.9. The van der Waals surface area contributed by atoms with Crippen LogP contribution in [-0.2, 0) is 11.4 Å². The first kappa shape index (κ1) is 25.6. The maximum atomic E-state index is 11.5. The molecule has 0 aliphatic heterocycles. The van der Waals surface area contributed by atoms with Gasteiger partial charge in [0, 0.05) is 5.92 Å². The number of hydrogen-bond donors (Lipinski definition) is 2. The monoisotopic (exact) mass is 508 g/mol. The van der Waals surface area contributed by atoms with Crippen LogP contribution in [0.15, 0.2) is 72.8 Å². The second kappa shape index (κ2) is 10.7. The van der Waals surface area contributed by atoms with Crippen molar-refractivity contribution in [1.82, 2.24) is 0 Å². The zero-order valence-corrected chi connectivity index (χ0v) is 22.0. The summed E-state index contributed by atoms with van der Waals surface area (Å²) in [7, 11) is 0. The molecule has 0 heterocycles. The largest absolute Gasteiger partial charge is 0.491 e. The summed E-state index contributed by atoms with van der Waals surface area (Å²) in [6, 6.07) is 24.3. The highest BCUT2D eigenvalue weighted by molar-refractivity contribution is 5.82. The first-order valence-electron chi connectivity index (χ1n) is 12.9. The molecule has 2 N–H and O–H groups in total. The lowest BCUT2D eigenvalue weighted by atomic mass is 9.90. The molecule has 1 atom stereocenters. The van der Waals surface area contributed by atoms with Crippen molar-refractivity contribution >= 4 is 5.97 Å².